The summed E-state index contributed by atoms with van der Waals surface area (Å²) >= 11 is 5.43. The molecule has 0 N–H and O–H groups in total. The molecular weight excluding hydrogens is 201 g/mol. The van der Waals surface area contributed by atoms with Crippen LogP contribution < -0.4 is 0 Å². The van der Waals surface area contributed by atoms with E-state index in [0.29, 0.717) is 17.0 Å². The molecule has 1 aromatic rings. The van der Waals surface area contributed by atoms with Gasteiger partial charge in [0.15, 0.2) is 0 Å². The Balaban J connectivity index is 2.91. The maximum Gasteiger partial charge on any atom is 0.130 e. The highest BCUT2D eigenvalue weighted by molar-refractivity contribution is 6.19. The highest BCUT2D eigenvalue weighted by atomic mass is 35.5. The average molecular weight is 210 g/mol. The molecule has 0 aliphatic heterocycles. The summed E-state index contributed by atoms with van der Waals surface area (Å²) in [6.45, 7) is 0. The van der Waals surface area contributed by atoms with Gasteiger partial charge in [0.05, 0.1) is 12.5 Å². The van der Waals surface area contributed by atoms with Crippen molar-refractivity contribution in [1.82, 2.24) is 0 Å². The van der Waals surface area contributed by atoms with Crippen LogP contribution >= 0.6 is 11.6 Å². The summed E-state index contributed by atoms with van der Waals surface area (Å²) in [5.74, 6) is 0.0402. The first-order chi connectivity index (χ1) is 6.77. The third-order valence-electron chi connectivity index (χ3n) is 1.73. The van der Waals surface area contributed by atoms with E-state index in [9.17, 15) is 4.39 Å². The minimum Gasteiger partial charge on any atom is -0.206 e. The van der Waals surface area contributed by atoms with E-state index in [1.807, 2.05) is 6.07 Å². The molecule has 0 radical (unpaired) electrons. The predicted octanol–water partition coefficient (Wildman–Crippen LogP) is 3.14. The van der Waals surface area contributed by atoms with E-state index in [1.54, 1.807) is 24.3 Å². The van der Waals surface area contributed by atoms with Gasteiger partial charge in [-0.15, -0.1) is 11.6 Å². The van der Waals surface area contributed by atoms with Crippen molar-refractivity contribution in [3.63, 3.8) is 0 Å². The number of hydrogen-bond donors (Lipinski definition) is 0. The minimum absolute atomic E-state index is 0.233. The summed E-state index contributed by atoms with van der Waals surface area (Å²) in [6, 6.07) is 6.72. The Morgan fingerprint density at radius 3 is 2.86 bits per heavy atom. The number of halogens is 2. The molecular formula is C11H9ClFN. The van der Waals surface area contributed by atoms with Crippen LogP contribution in [0.1, 0.15) is 11.1 Å². The van der Waals surface area contributed by atoms with Gasteiger partial charge in [-0.3, -0.25) is 0 Å². The maximum atomic E-state index is 13.3. The van der Waals surface area contributed by atoms with Gasteiger partial charge in [0.2, 0.25) is 0 Å². The molecule has 0 saturated heterocycles. The average Bonchev–Trinajstić information content (AvgIpc) is 2.17. The van der Waals surface area contributed by atoms with Crippen LogP contribution in [0.2, 0.25) is 0 Å². The van der Waals surface area contributed by atoms with Gasteiger partial charge < -0.3 is 0 Å². The van der Waals surface area contributed by atoms with Crippen molar-refractivity contribution in [1.29, 1.82) is 5.26 Å². The molecule has 0 fully saturated rings. The van der Waals surface area contributed by atoms with Gasteiger partial charge in [-0.2, -0.15) is 5.26 Å². The fraction of sp³-hybridized carbons (Fsp3) is 0.182. The number of nitriles is 1. The monoisotopic (exact) mass is 209 g/mol. The minimum atomic E-state index is -0.320. The van der Waals surface area contributed by atoms with Crippen LogP contribution in [0.3, 0.4) is 0 Å². The lowest BCUT2D eigenvalue weighted by molar-refractivity contribution is 0.623. The first-order valence-corrected chi connectivity index (χ1v) is 4.69. The number of benzene rings is 1. The van der Waals surface area contributed by atoms with Crippen molar-refractivity contribution < 1.29 is 4.39 Å². The first kappa shape index (κ1) is 10.7. The van der Waals surface area contributed by atoms with E-state index in [4.69, 9.17) is 16.9 Å². The standard InChI is InChI=1S/C11H9ClFN/c12-6-1-2-10-4-3-9(5-7-14)8-11(10)13/h1-4,8H,5-6H2. The SMILES string of the molecule is N#CCc1ccc(C=CCCl)c(F)c1. The van der Waals surface area contributed by atoms with Gasteiger partial charge in [-0.1, -0.05) is 24.3 Å². The highest BCUT2D eigenvalue weighted by Gasteiger charge is 1.99. The van der Waals surface area contributed by atoms with Crippen LogP contribution in [0.5, 0.6) is 0 Å². The van der Waals surface area contributed by atoms with Crippen molar-refractivity contribution >= 4 is 17.7 Å². The van der Waals surface area contributed by atoms with Crippen LogP contribution in [0, 0.1) is 17.1 Å². The number of hydrogen-bond acceptors (Lipinski definition) is 1. The van der Waals surface area contributed by atoms with Gasteiger partial charge in [-0.05, 0) is 11.6 Å². The highest BCUT2D eigenvalue weighted by Crippen LogP contribution is 2.12. The molecule has 1 rings (SSSR count). The number of allylic oxidation sites excluding steroid dienone is 1. The Labute approximate surface area is 87.4 Å². The third-order valence-corrected chi connectivity index (χ3v) is 1.91. The molecule has 0 spiro atoms. The maximum absolute atomic E-state index is 13.3. The third kappa shape index (κ3) is 2.86. The fourth-order valence-electron chi connectivity index (χ4n) is 1.08. The lowest BCUT2D eigenvalue weighted by Gasteiger charge is -1.99. The summed E-state index contributed by atoms with van der Waals surface area (Å²) in [6.07, 6.45) is 3.53. The molecule has 72 valence electrons. The summed E-state index contributed by atoms with van der Waals surface area (Å²) in [5, 5.41) is 8.42. The zero-order valence-electron chi connectivity index (χ0n) is 7.50. The second-order valence-electron chi connectivity index (χ2n) is 2.75. The van der Waals surface area contributed by atoms with E-state index in [2.05, 4.69) is 0 Å². The largest absolute Gasteiger partial charge is 0.206 e. The topological polar surface area (TPSA) is 23.8 Å². The van der Waals surface area contributed by atoms with Gasteiger partial charge in [0.25, 0.3) is 0 Å². The number of rotatable bonds is 3. The summed E-state index contributed by atoms with van der Waals surface area (Å²) < 4.78 is 13.3. The molecule has 1 nitrogen and oxygen atoms in total. The Morgan fingerprint density at radius 1 is 1.50 bits per heavy atom. The smallest absolute Gasteiger partial charge is 0.130 e. The summed E-state index contributed by atoms with van der Waals surface area (Å²) in [4.78, 5) is 0. The molecule has 0 aromatic heterocycles. The quantitative estimate of drug-likeness (QED) is 0.702. The lowest BCUT2D eigenvalue weighted by Crippen LogP contribution is -1.87. The van der Waals surface area contributed by atoms with Crippen molar-refractivity contribution in [3.05, 3.63) is 41.2 Å². The Morgan fingerprint density at radius 2 is 2.29 bits per heavy atom. The second kappa shape index (κ2) is 5.41. The van der Waals surface area contributed by atoms with E-state index < -0.39 is 0 Å². The fourth-order valence-corrected chi connectivity index (χ4v) is 1.17. The molecule has 0 atom stereocenters. The molecule has 0 saturated carbocycles. The van der Waals surface area contributed by atoms with Gasteiger partial charge >= 0.3 is 0 Å². The second-order valence-corrected chi connectivity index (χ2v) is 3.06. The molecule has 0 amide bonds. The predicted molar refractivity (Wildman–Crippen MR) is 55.5 cm³/mol. The normalized spacial score (nSPS) is 10.4. The first-order valence-electron chi connectivity index (χ1n) is 4.16. The molecule has 14 heavy (non-hydrogen) atoms. The van der Waals surface area contributed by atoms with Gasteiger partial charge in [-0.25, -0.2) is 4.39 Å². The van der Waals surface area contributed by atoms with Crippen LogP contribution in [-0.4, -0.2) is 5.88 Å². The van der Waals surface area contributed by atoms with E-state index in [-0.39, 0.29) is 12.2 Å². The molecule has 0 heterocycles. The van der Waals surface area contributed by atoms with E-state index >= 15 is 0 Å². The molecule has 0 bridgehead atoms. The number of nitrogens with zero attached hydrogens (tertiary/aromatic N) is 1. The Hall–Kier alpha value is -1.33. The van der Waals surface area contributed by atoms with Crippen LogP contribution in [0.4, 0.5) is 4.39 Å². The van der Waals surface area contributed by atoms with Crippen molar-refractivity contribution in [2.75, 3.05) is 5.88 Å². The van der Waals surface area contributed by atoms with Crippen LogP contribution in [-0.2, 0) is 6.42 Å². The van der Waals surface area contributed by atoms with Crippen LogP contribution in [0.25, 0.3) is 6.08 Å². The van der Waals surface area contributed by atoms with Crippen molar-refractivity contribution in [2.45, 2.75) is 6.42 Å². The van der Waals surface area contributed by atoms with Crippen molar-refractivity contribution in [3.8, 4) is 6.07 Å². The Kier molecular flexibility index (Phi) is 4.15. The molecule has 1 aromatic carbocycles. The molecule has 0 unspecified atom stereocenters. The Bertz CT molecular complexity index is 379. The van der Waals surface area contributed by atoms with Gasteiger partial charge in [0, 0.05) is 11.4 Å². The number of alkyl halides is 1. The summed E-state index contributed by atoms with van der Waals surface area (Å²) in [7, 11) is 0. The summed E-state index contributed by atoms with van der Waals surface area (Å²) in [5.41, 5.74) is 1.18. The molecule has 0 aliphatic rings. The lowest BCUT2D eigenvalue weighted by atomic mass is 10.1. The zero-order chi connectivity index (χ0) is 10.4. The zero-order valence-corrected chi connectivity index (χ0v) is 8.26. The van der Waals surface area contributed by atoms with E-state index in [1.165, 1.54) is 6.07 Å². The van der Waals surface area contributed by atoms with Crippen molar-refractivity contribution in [2.24, 2.45) is 0 Å². The van der Waals surface area contributed by atoms with Crippen LogP contribution in [0.15, 0.2) is 24.3 Å². The molecule has 0 aliphatic carbocycles. The van der Waals surface area contributed by atoms with Gasteiger partial charge in [0.1, 0.15) is 5.82 Å². The molecule has 3 heteroatoms. The van der Waals surface area contributed by atoms with E-state index in [0.717, 1.165) is 0 Å².